The molecule has 0 rings (SSSR count). The Morgan fingerprint density at radius 2 is 2.00 bits per heavy atom. The minimum absolute atomic E-state index is 0.269. The van der Waals surface area contributed by atoms with E-state index in [0.29, 0.717) is 6.42 Å². The first kappa shape index (κ1) is 13.4. The molecule has 0 spiro atoms. The summed E-state index contributed by atoms with van der Waals surface area (Å²) in [5.74, 6) is -1.08. The highest BCUT2D eigenvalue weighted by Gasteiger charge is 2.40. The van der Waals surface area contributed by atoms with Crippen LogP contribution in [0.2, 0.25) is 0 Å². The van der Waals surface area contributed by atoms with Crippen LogP contribution in [0.4, 0.5) is 4.39 Å². The number of amides is 1. The molecule has 84 valence electrons. The number of hydrogen-bond donors (Lipinski definition) is 1. The number of halogens is 1. The molecule has 0 aliphatic carbocycles. The van der Waals surface area contributed by atoms with Crippen LogP contribution in [0.5, 0.6) is 0 Å². The maximum Gasteiger partial charge on any atom is 0.255 e. The summed E-state index contributed by atoms with van der Waals surface area (Å²) in [6.45, 7) is 5.67. The Morgan fingerprint density at radius 3 is 2.36 bits per heavy atom. The number of nitrogens with two attached hydrogens (primary N) is 1. The van der Waals surface area contributed by atoms with E-state index in [9.17, 15) is 9.18 Å². The molecule has 0 aliphatic heterocycles. The van der Waals surface area contributed by atoms with Crippen molar-refractivity contribution in [3.05, 3.63) is 0 Å². The zero-order valence-corrected chi connectivity index (χ0v) is 9.48. The number of unbranched alkanes of at least 4 members (excludes halogenated alkanes) is 2. The lowest BCUT2D eigenvalue weighted by molar-refractivity contribution is -0.133. The van der Waals surface area contributed by atoms with Crippen LogP contribution in [-0.2, 0) is 4.79 Å². The lowest BCUT2D eigenvalue weighted by Crippen LogP contribution is -2.45. The topological polar surface area (TPSA) is 43.1 Å². The van der Waals surface area contributed by atoms with E-state index in [1.165, 1.54) is 0 Å². The summed E-state index contributed by atoms with van der Waals surface area (Å²) in [7, 11) is 0. The third-order valence-corrected chi connectivity index (χ3v) is 2.95. The molecule has 0 heterocycles. The average Bonchev–Trinajstić information content (AvgIpc) is 2.16. The van der Waals surface area contributed by atoms with Crippen molar-refractivity contribution in [1.82, 2.24) is 0 Å². The number of rotatable bonds is 7. The molecule has 14 heavy (non-hydrogen) atoms. The molecule has 0 saturated heterocycles. The second-order valence-electron chi connectivity index (χ2n) is 3.99. The molecule has 0 aliphatic rings. The quantitative estimate of drug-likeness (QED) is 0.635. The van der Waals surface area contributed by atoms with Crippen LogP contribution in [0.3, 0.4) is 0 Å². The van der Waals surface area contributed by atoms with E-state index in [1.54, 1.807) is 6.92 Å². The SMILES string of the molecule is CCCCCC(F)(C(N)=O)C(C)CC. The molecule has 0 radical (unpaired) electrons. The first-order valence-corrected chi connectivity index (χ1v) is 5.47. The standard InChI is InChI=1S/C11H22FNO/c1-4-6-7-8-11(12,10(13)14)9(3)5-2/h9H,4-8H2,1-3H3,(H2,13,14). The minimum atomic E-state index is -1.80. The third-order valence-electron chi connectivity index (χ3n) is 2.95. The third kappa shape index (κ3) is 3.28. The van der Waals surface area contributed by atoms with E-state index >= 15 is 0 Å². The van der Waals surface area contributed by atoms with Crippen molar-refractivity contribution in [3.8, 4) is 0 Å². The number of carbonyl (C=O) groups excluding carboxylic acids is 1. The fraction of sp³-hybridized carbons (Fsp3) is 0.909. The van der Waals surface area contributed by atoms with Crippen LogP contribution in [0.25, 0.3) is 0 Å². The maximum absolute atomic E-state index is 14.2. The minimum Gasteiger partial charge on any atom is -0.367 e. The Bertz CT molecular complexity index is 184. The molecule has 2 nitrogen and oxygen atoms in total. The molecule has 0 fully saturated rings. The van der Waals surface area contributed by atoms with Crippen LogP contribution in [-0.4, -0.2) is 11.6 Å². The van der Waals surface area contributed by atoms with Gasteiger partial charge in [0.1, 0.15) is 0 Å². The molecule has 1 amide bonds. The molecular formula is C11H22FNO. The predicted molar refractivity (Wildman–Crippen MR) is 56.6 cm³/mol. The second-order valence-corrected chi connectivity index (χ2v) is 3.99. The van der Waals surface area contributed by atoms with Crippen molar-refractivity contribution in [1.29, 1.82) is 0 Å². The molecule has 0 bridgehead atoms. The van der Waals surface area contributed by atoms with Gasteiger partial charge in [0.15, 0.2) is 5.67 Å². The van der Waals surface area contributed by atoms with Crippen molar-refractivity contribution in [2.45, 2.75) is 58.5 Å². The van der Waals surface area contributed by atoms with E-state index in [0.717, 1.165) is 19.3 Å². The summed E-state index contributed by atoms with van der Waals surface area (Å²) >= 11 is 0. The van der Waals surface area contributed by atoms with Crippen LogP contribution in [0, 0.1) is 5.92 Å². The van der Waals surface area contributed by atoms with Crippen molar-refractivity contribution < 1.29 is 9.18 Å². The monoisotopic (exact) mass is 203 g/mol. The molecule has 0 saturated carbocycles. The Labute approximate surface area is 86.1 Å². The van der Waals surface area contributed by atoms with Gasteiger partial charge < -0.3 is 5.73 Å². The van der Waals surface area contributed by atoms with E-state index < -0.39 is 11.6 Å². The summed E-state index contributed by atoms with van der Waals surface area (Å²) in [5.41, 5.74) is 3.31. The highest BCUT2D eigenvalue weighted by Crippen LogP contribution is 2.30. The van der Waals surface area contributed by atoms with Gasteiger partial charge in [-0.25, -0.2) is 4.39 Å². The number of primary amides is 1. The average molecular weight is 203 g/mol. The van der Waals surface area contributed by atoms with Gasteiger partial charge in [-0.05, 0) is 25.2 Å². The summed E-state index contributed by atoms with van der Waals surface area (Å²) in [5, 5.41) is 0. The molecule has 0 aromatic heterocycles. The van der Waals surface area contributed by atoms with Crippen LogP contribution >= 0.6 is 0 Å². The number of hydrogen-bond acceptors (Lipinski definition) is 1. The van der Waals surface area contributed by atoms with E-state index in [2.05, 4.69) is 0 Å². The van der Waals surface area contributed by atoms with Crippen molar-refractivity contribution in [2.75, 3.05) is 0 Å². The highest BCUT2D eigenvalue weighted by atomic mass is 19.1. The lowest BCUT2D eigenvalue weighted by Gasteiger charge is -2.27. The van der Waals surface area contributed by atoms with Gasteiger partial charge in [-0.3, -0.25) is 4.79 Å². The second kappa shape index (κ2) is 5.99. The fourth-order valence-electron chi connectivity index (χ4n) is 1.57. The van der Waals surface area contributed by atoms with Gasteiger partial charge in [-0.1, -0.05) is 33.6 Å². The van der Waals surface area contributed by atoms with Gasteiger partial charge in [0.05, 0.1) is 0 Å². The van der Waals surface area contributed by atoms with Crippen LogP contribution in [0.1, 0.15) is 52.9 Å². The van der Waals surface area contributed by atoms with Gasteiger partial charge in [0.25, 0.3) is 5.91 Å². The zero-order chi connectivity index (χ0) is 11.2. The first-order valence-electron chi connectivity index (χ1n) is 5.47. The first-order chi connectivity index (χ1) is 6.49. The molecule has 0 aromatic carbocycles. The molecule has 2 unspecified atom stereocenters. The summed E-state index contributed by atoms with van der Waals surface area (Å²) in [4.78, 5) is 11.1. The van der Waals surface area contributed by atoms with Crippen LogP contribution < -0.4 is 5.73 Å². The van der Waals surface area contributed by atoms with Gasteiger partial charge >= 0.3 is 0 Å². The van der Waals surface area contributed by atoms with E-state index in [-0.39, 0.29) is 12.3 Å². The lowest BCUT2D eigenvalue weighted by atomic mass is 9.83. The molecule has 2 atom stereocenters. The molecule has 0 aromatic rings. The van der Waals surface area contributed by atoms with Gasteiger partial charge in [-0.15, -0.1) is 0 Å². The van der Waals surface area contributed by atoms with Gasteiger partial charge in [0, 0.05) is 0 Å². The predicted octanol–water partition coefficient (Wildman–Crippen LogP) is 2.81. The highest BCUT2D eigenvalue weighted by molar-refractivity contribution is 5.83. The van der Waals surface area contributed by atoms with Crippen LogP contribution in [0.15, 0.2) is 0 Å². The van der Waals surface area contributed by atoms with Gasteiger partial charge in [0.2, 0.25) is 0 Å². The van der Waals surface area contributed by atoms with Crippen molar-refractivity contribution in [2.24, 2.45) is 11.7 Å². The Hall–Kier alpha value is -0.600. The zero-order valence-electron chi connectivity index (χ0n) is 9.48. The summed E-state index contributed by atoms with van der Waals surface area (Å²) < 4.78 is 14.2. The molecule has 2 N–H and O–H groups in total. The Kier molecular flexibility index (Phi) is 5.73. The van der Waals surface area contributed by atoms with E-state index in [4.69, 9.17) is 5.73 Å². The Balaban J connectivity index is 4.32. The fourth-order valence-corrected chi connectivity index (χ4v) is 1.57. The molecule has 3 heteroatoms. The summed E-state index contributed by atoms with van der Waals surface area (Å²) in [6, 6.07) is 0. The largest absolute Gasteiger partial charge is 0.367 e. The normalized spacial score (nSPS) is 17.4. The van der Waals surface area contributed by atoms with E-state index in [1.807, 2.05) is 13.8 Å². The summed E-state index contributed by atoms with van der Waals surface area (Å²) in [6.07, 6.45) is 3.63. The van der Waals surface area contributed by atoms with Crippen molar-refractivity contribution in [3.63, 3.8) is 0 Å². The maximum atomic E-state index is 14.2. The number of carbonyl (C=O) groups is 1. The van der Waals surface area contributed by atoms with Gasteiger partial charge in [-0.2, -0.15) is 0 Å². The molecular weight excluding hydrogens is 181 g/mol. The number of alkyl halides is 1. The Morgan fingerprint density at radius 1 is 1.43 bits per heavy atom. The van der Waals surface area contributed by atoms with Crippen molar-refractivity contribution >= 4 is 5.91 Å². The smallest absolute Gasteiger partial charge is 0.255 e.